The molecule has 0 aliphatic rings. The maximum atomic E-state index is 11.0. The van der Waals surface area contributed by atoms with Gasteiger partial charge in [-0.25, -0.2) is 5.43 Å². The molecule has 0 aromatic rings. The van der Waals surface area contributed by atoms with Gasteiger partial charge in [-0.15, -0.1) is 0 Å². The summed E-state index contributed by atoms with van der Waals surface area (Å²) in [6.07, 6.45) is 2.81. The molecule has 1 unspecified atom stereocenters. The van der Waals surface area contributed by atoms with Gasteiger partial charge in [0.15, 0.2) is 0 Å². The first kappa shape index (κ1) is 11.1. The molecule has 0 saturated carbocycles. The maximum absolute atomic E-state index is 11.0. The number of hydrogen-bond donors (Lipinski definition) is 1. The van der Waals surface area contributed by atoms with Crippen LogP contribution in [0, 0.1) is 11.8 Å². The molecule has 0 rings (SSSR count). The van der Waals surface area contributed by atoms with Crippen LogP contribution in [-0.2, 0) is 4.79 Å². The zero-order chi connectivity index (χ0) is 9.56. The predicted molar refractivity (Wildman–Crippen MR) is 50.9 cm³/mol. The van der Waals surface area contributed by atoms with Gasteiger partial charge in [-0.2, -0.15) is 5.10 Å². The van der Waals surface area contributed by atoms with Crippen molar-refractivity contribution in [3.63, 3.8) is 0 Å². The number of hydrogen-bond acceptors (Lipinski definition) is 2. The molecule has 3 nitrogen and oxygen atoms in total. The fourth-order valence-corrected chi connectivity index (χ4v) is 0.463. The van der Waals surface area contributed by atoms with Crippen LogP contribution in [0.5, 0.6) is 0 Å². The molecule has 0 spiro atoms. The van der Waals surface area contributed by atoms with E-state index in [2.05, 4.69) is 24.4 Å². The normalized spacial score (nSPS) is 13.8. The van der Waals surface area contributed by atoms with Crippen LogP contribution in [0.2, 0.25) is 0 Å². The second-order valence-corrected chi connectivity index (χ2v) is 3.29. The van der Waals surface area contributed by atoms with Crippen LogP contribution in [-0.4, -0.2) is 12.1 Å². The Morgan fingerprint density at radius 2 is 2.08 bits per heavy atom. The van der Waals surface area contributed by atoms with E-state index < -0.39 is 0 Å². The minimum atomic E-state index is -0.0328. The van der Waals surface area contributed by atoms with Crippen molar-refractivity contribution in [3.8, 4) is 0 Å². The van der Waals surface area contributed by atoms with E-state index in [1.54, 1.807) is 6.21 Å². The van der Waals surface area contributed by atoms with Crippen LogP contribution in [0.15, 0.2) is 5.10 Å². The standard InChI is InChI=1S/C9H18N2O/c1-5-8(4)6-10-11-9(12)7(2)3/h6-8H,5H2,1-4H3,(H,11,12)/b10-6+. The average molecular weight is 170 g/mol. The van der Waals surface area contributed by atoms with Crippen molar-refractivity contribution in [2.45, 2.75) is 34.1 Å². The summed E-state index contributed by atoms with van der Waals surface area (Å²) in [5.41, 5.74) is 2.48. The van der Waals surface area contributed by atoms with Crippen molar-refractivity contribution in [2.24, 2.45) is 16.9 Å². The molecule has 0 radical (unpaired) electrons. The van der Waals surface area contributed by atoms with E-state index in [0.29, 0.717) is 5.92 Å². The Hall–Kier alpha value is -0.860. The van der Waals surface area contributed by atoms with Gasteiger partial charge in [0, 0.05) is 12.1 Å². The molecule has 1 amide bonds. The summed E-state index contributed by atoms with van der Waals surface area (Å²) in [5.74, 6) is 0.395. The molecule has 70 valence electrons. The van der Waals surface area contributed by atoms with Gasteiger partial charge in [0.2, 0.25) is 5.91 Å². The molecule has 0 aromatic carbocycles. The van der Waals surface area contributed by atoms with E-state index in [1.807, 2.05) is 13.8 Å². The molecule has 3 heteroatoms. The average Bonchev–Trinajstić information content (AvgIpc) is 2.03. The van der Waals surface area contributed by atoms with Gasteiger partial charge in [-0.3, -0.25) is 4.79 Å². The number of amides is 1. The molecular formula is C9H18N2O. The van der Waals surface area contributed by atoms with Gasteiger partial charge in [-0.1, -0.05) is 27.7 Å². The van der Waals surface area contributed by atoms with Gasteiger partial charge in [0.25, 0.3) is 0 Å². The lowest BCUT2D eigenvalue weighted by Crippen LogP contribution is -2.23. The molecule has 0 heterocycles. The second-order valence-electron chi connectivity index (χ2n) is 3.29. The van der Waals surface area contributed by atoms with E-state index in [4.69, 9.17) is 0 Å². The Kier molecular flexibility index (Phi) is 5.34. The number of carbonyl (C=O) groups excluding carboxylic acids is 1. The van der Waals surface area contributed by atoms with Crippen LogP contribution < -0.4 is 5.43 Å². The minimum Gasteiger partial charge on any atom is -0.273 e. The molecule has 0 fully saturated rings. The Morgan fingerprint density at radius 1 is 1.50 bits per heavy atom. The third-order valence-electron chi connectivity index (χ3n) is 1.67. The highest BCUT2D eigenvalue weighted by atomic mass is 16.2. The molecule has 0 aromatic heterocycles. The van der Waals surface area contributed by atoms with Crippen LogP contribution in [0.4, 0.5) is 0 Å². The first-order valence-corrected chi connectivity index (χ1v) is 4.41. The number of carbonyl (C=O) groups is 1. The summed E-state index contributed by atoms with van der Waals surface area (Å²) in [5, 5.41) is 3.84. The molecule has 0 bridgehead atoms. The van der Waals surface area contributed by atoms with Crippen LogP contribution in [0.25, 0.3) is 0 Å². The van der Waals surface area contributed by atoms with E-state index in [0.717, 1.165) is 6.42 Å². The second kappa shape index (κ2) is 5.75. The molecular weight excluding hydrogens is 152 g/mol. The number of nitrogens with zero attached hydrogens (tertiary/aromatic N) is 1. The van der Waals surface area contributed by atoms with Gasteiger partial charge in [-0.05, 0) is 12.3 Å². The van der Waals surface area contributed by atoms with Gasteiger partial charge >= 0.3 is 0 Å². The SMILES string of the molecule is CCC(C)/C=N/NC(=O)C(C)C. The zero-order valence-electron chi connectivity index (χ0n) is 8.29. The first-order chi connectivity index (χ1) is 5.57. The van der Waals surface area contributed by atoms with Crippen molar-refractivity contribution in [2.75, 3.05) is 0 Å². The maximum Gasteiger partial charge on any atom is 0.242 e. The number of hydrazone groups is 1. The summed E-state index contributed by atoms with van der Waals surface area (Å²) in [6, 6.07) is 0. The van der Waals surface area contributed by atoms with Crippen molar-refractivity contribution in [3.05, 3.63) is 0 Å². The van der Waals surface area contributed by atoms with Gasteiger partial charge in [0.05, 0.1) is 0 Å². The highest BCUT2D eigenvalue weighted by molar-refractivity contribution is 5.78. The van der Waals surface area contributed by atoms with E-state index >= 15 is 0 Å². The summed E-state index contributed by atoms with van der Waals surface area (Å²) in [4.78, 5) is 11.0. The minimum absolute atomic E-state index is 0.000849. The Labute approximate surface area is 74.2 Å². The molecule has 0 aliphatic carbocycles. The van der Waals surface area contributed by atoms with Crippen LogP contribution in [0.3, 0.4) is 0 Å². The number of rotatable bonds is 4. The molecule has 1 atom stereocenters. The topological polar surface area (TPSA) is 41.5 Å². The molecule has 1 N–H and O–H groups in total. The Balaban J connectivity index is 3.67. The third kappa shape index (κ3) is 4.88. The Morgan fingerprint density at radius 3 is 2.50 bits per heavy atom. The highest BCUT2D eigenvalue weighted by Gasteiger charge is 2.03. The lowest BCUT2D eigenvalue weighted by atomic mass is 10.1. The Bertz CT molecular complexity index is 164. The quantitative estimate of drug-likeness (QED) is 0.507. The lowest BCUT2D eigenvalue weighted by Gasteiger charge is -2.02. The fourth-order valence-electron chi connectivity index (χ4n) is 0.463. The van der Waals surface area contributed by atoms with E-state index in [-0.39, 0.29) is 11.8 Å². The smallest absolute Gasteiger partial charge is 0.242 e. The van der Waals surface area contributed by atoms with Gasteiger partial charge in [0.1, 0.15) is 0 Å². The monoisotopic (exact) mass is 170 g/mol. The molecule has 12 heavy (non-hydrogen) atoms. The summed E-state index contributed by atoms with van der Waals surface area (Å²) in [6.45, 7) is 7.83. The van der Waals surface area contributed by atoms with Crippen molar-refractivity contribution >= 4 is 12.1 Å². The van der Waals surface area contributed by atoms with E-state index in [1.165, 1.54) is 0 Å². The van der Waals surface area contributed by atoms with Crippen LogP contribution >= 0.6 is 0 Å². The summed E-state index contributed by atoms with van der Waals surface area (Å²) < 4.78 is 0. The first-order valence-electron chi connectivity index (χ1n) is 4.41. The van der Waals surface area contributed by atoms with Gasteiger partial charge < -0.3 is 0 Å². The highest BCUT2D eigenvalue weighted by Crippen LogP contribution is 1.95. The molecule has 0 saturated heterocycles. The lowest BCUT2D eigenvalue weighted by molar-refractivity contribution is -0.123. The fraction of sp³-hybridized carbons (Fsp3) is 0.778. The largest absolute Gasteiger partial charge is 0.273 e. The van der Waals surface area contributed by atoms with Crippen molar-refractivity contribution < 1.29 is 4.79 Å². The predicted octanol–water partition coefficient (Wildman–Crippen LogP) is 1.79. The summed E-state index contributed by atoms with van der Waals surface area (Å²) >= 11 is 0. The van der Waals surface area contributed by atoms with E-state index in [9.17, 15) is 4.79 Å². The third-order valence-corrected chi connectivity index (χ3v) is 1.67. The van der Waals surface area contributed by atoms with Crippen molar-refractivity contribution in [1.82, 2.24) is 5.43 Å². The zero-order valence-corrected chi connectivity index (χ0v) is 8.29. The van der Waals surface area contributed by atoms with Crippen molar-refractivity contribution in [1.29, 1.82) is 0 Å². The number of nitrogens with one attached hydrogen (secondary N) is 1. The molecule has 0 aliphatic heterocycles. The van der Waals surface area contributed by atoms with Crippen LogP contribution in [0.1, 0.15) is 34.1 Å². The summed E-state index contributed by atoms with van der Waals surface area (Å²) in [7, 11) is 0.